The molecule has 32 heavy (non-hydrogen) atoms. The van der Waals surface area contributed by atoms with Crippen LogP contribution in [0.4, 0.5) is 22.0 Å². The minimum Gasteiger partial charge on any atom is -0.444 e. The molecule has 3 aromatic rings. The monoisotopic (exact) mass is 450 g/mol. The molecule has 166 valence electrons. The summed E-state index contributed by atoms with van der Waals surface area (Å²) < 4.78 is 5.31. The van der Waals surface area contributed by atoms with E-state index in [4.69, 9.17) is 16.3 Å². The molecule has 7 heteroatoms. The highest BCUT2D eigenvalue weighted by molar-refractivity contribution is 6.28. The van der Waals surface area contributed by atoms with Crippen molar-refractivity contribution in [3.8, 4) is 0 Å². The second-order valence-corrected chi connectivity index (χ2v) is 8.45. The van der Waals surface area contributed by atoms with Crippen molar-refractivity contribution in [3.63, 3.8) is 0 Å². The summed E-state index contributed by atoms with van der Waals surface area (Å²) >= 11 is 5.96. The van der Waals surface area contributed by atoms with Crippen LogP contribution in [0.25, 0.3) is 12.2 Å². The Morgan fingerprint density at radius 2 is 1.78 bits per heavy atom. The average molecular weight is 451 g/mol. The average Bonchev–Trinajstić information content (AvgIpc) is 2.72. The summed E-state index contributed by atoms with van der Waals surface area (Å²) in [6.45, 7) is 8.29. The first-order chi connectivity index (χ1) is 15.2. The number of hydrogen-bond acceptors (Lipinski definition) is 5. The number of nitrogens with one attached hydrogen (secondary N) is 1. The van der Waals surface area contributed by atoms with Crippen LogP contribution >= 0.6 is 11.6 Å². The third-order valence-corrected chi connectivity index (χ3v) is 4.57. The minimum absolute atomic E-state index is 0.219. The van der Waals surface area contributed by atoms with Crippen LogP contribution in [0, 0.1) is 0 Å². The molecule has 2 aromatic carbocycles. The maximum absolute atomic E-state index is 12.0. The lowest BCUT2D eigenvalue weighted by Crippen LogP contribution is -2.27. The quantitative estimate of drug-likeness (QED) is 0.330. The first kappa shape index (κ1) is 23.3. The van der Waals surface area contributed by atoms with Crippen LogP contribution in [-0.2, 0) is 4.74 Å². The Balaban J connectivity index is 1.75. The first-order valence-corrected chi connectivity index (χ1v) is 10.8. The topological polar surface area (TPSA) is 67.4 Å². The molecule has 1 amide bonds. The van der Waals surface area contributed by atoms with Gasteiger partial charge in [-0.2, -0.15) is 0 Å². The van der Waals surface area contributed by atoms with Crippen LogP contribution in [0.3, 0.4) is 0 Å². The highest BCUT2D eigenvalue weighted by Crippen LogP contribution is 2.25. The molecular formula is C25H27ClN4O2. The van der Waals surface area contributed by atoms with E-state index in [1.165, 1.54) is 0 Å². The minimum atomic E-state index is -0.546. The van der Waals surface area contributed by atoms with E-state index in [1.54, 1.807) is 6.20 Å². The van der Waals surface area contributed by atoms with Gasteiger partial charge < -0.3 is 9.64 Å². The van der Waals surface area contributed by atoms with Crippen molar-refractivity contribution in [2.45, 2.75) is 33.3 Å². The van der Waals surface area contributed by atoms with Crippen molar-refractivity contribution in [2.75, 3.05) is 16.8 Å². The molecule has 1 aromatic heterocycles. The van der Waals surface area contributed by atoms with E-state index in [1.807, 2.05) is 81.5 Å². The second-order valence-electron chi connectivity index (χ2n) is 8.11. The zero-order chi connectivity index (χ0) is 23.1. The summed E-state index contributed by atoms with van der Waals surface area (Å²) in [4.78, 5) is 22.4. The van der Waals surface area contributed by atoms with Crippen LogP contribution in [0.1, 0.15) is 38.8 Å². The number of rotatable bonds is 6. The van der Waals surface area contributed by atoms with E-state index in [-0.39, 0.29) is 5.28 Å². The normalized spacial score (nSPS) is 11.4. The summed E-state index contributed by atoms with van der Waals surface area (Å²) in [7, 11) is 0. The summed E-state index contributed by atoms with van der Waals surface area (Å²) in [5, 5.41) is 2.99. The van der Waals surface area contributed by atoms with Gasteiger partial charge in [-0.1, -0.05) is 36.4 Å². The van der Waals surface area contributed by atoms with E-state index in [2.05, 4.69) is 33.2 Å². The van der Waals surface area contributed by atoms with Crippen LogP contribution in [0.2, 0.25) is 5.28 Å². The smallest absolute Gasteiger partial charge is 0.412 e. The van der Waals surface area contributed by atoms with Crippen molar-refractivity contribution in [1.82, 2.24) is 9.97 Å². The molecule has 0 aliphatic heterocycles. The SMILES string of the molecule is CCN(c1cccc(C=Cc2cccc(NC(=O)OC(C)(C)C)c2)c1)c1ccnc(Cl)n1. The number of amides is 1. The first-order valence-electron chi connectivity index (χ1n) is 10.4. The maximum atomic E-state index is 12.0. The van der Waals surface area contributed by atoms with E-state index >= 15 is 0 Å². The number of aromatic nitrogens is 2. The molecule has 0 atom stereocenters. The number of benzene rings is 2. The third-order valence-electron chi connectivity index (χ3n) is 4.39. The van der Waals surface area contributed by atoms with Gasteiger partial charge in [-0.3, -0.25) is 5.32 Å². The van der Waals surface area contributed by atoms with Crippen LogP contribution in [0.15, 0.2) is 60.8 Å². The predicted octanol–water partition coefficient (Wildman–Crippen LogP) is 6.81. The van der Waals surface area contributed by atoms with Crippen LogP contribution < -0.4 is 10.2 Å². The van der Waals surface area contributed by atoms with Gasteiger partial charge in [0, 0.05) is 24.1 Å². The fraction of sp³-hybridized carbons (Fsp3) is 0.240. The molecule has 0 aliphatic carbocycles. The number of halogens is 1. The fourth-order valence-electron chi connectivity index (χ4n) is 3.08. The summed E-state index contributed by atoms with van der Waals surface area (Å²) in [5.74, 6) is 0.745. The summed E-state index contributed by atoms with van der Waals surface area (Å²) in [6, 6.07) is 17.6. The Morgan fingerprint density at radius 1 is 1.09 bits per heavy atom. The molecule has 1 heterocycles. The van der Waals surface area contributed by atoms with Crippen molar-refractivity contribution < 1.29 is 9.53 Å². The van der Waals surface area contributed by atoms with Crippen molar-refractivity contribution in [2.24, 2.45) is 0 Å². The molecule has 3 rings (SSSR count). The number of carbonyl (C=O) groups excluding carboxylic acids is 1. The maximum Gasteiger partial charge on any atom is 0.412 e. The second kappa shape index (κ2) is 10.3. The number of hydrogen-bond donors (Lipinski definition) is 1. The third kappa shape index (κ3) is 6.82. The number of carbonyl (C=O) groups is 1. The Bertz CT molecular complexity index is 1110. The van der Waals surface area contributed by atoms with Gasteiger partial charge in [-0.05, 0) is 80.8 Å². The van der Waals surface area contributed by atoms with Gasteiger partial charge in [0.25, 0.3) is 0 Å². The number of ether oxygens (including phenoxy) is 1. The lowest BCUT2D eigenvalue weighted by Gasteiger charge is -2.22. The highest BCUT2D eigenvalue weighted by Gasteiger charge is 2.16. The summed E-state index contributed by atoms with van der Waals surface area (Å²) in [5.41, 5.74) is 3.12. The standard InChI is InChI=1S/C25H27ClN4O2/c1-5-30(22-14-15-27-23(26)29-22)21-11-7-9-19(17-21)13-12-18-8-6-10-20(16-18)28-24(31)32-25(2,3)4/h6-17H,5H2,1-4H3,(H,28,31). The molecule has 1 N–H and O–H groups in total. The molecular weight excluding hydrogens is 424 g/mol. The lowest BCUT2D eigenvalue weighted by atomic mass is 10.1. The molecule has 0 saturated heterocycles. The molecule has 0 bridgehead atoms. The van der Waals surface area contributed by atoms with Crippen molar-refractivity contribution in [1.29, 1.82) is 0 Å². The van der Waals surface area contributed by atoms with Crippen LogP contribution in [0.5, 0.6) is 0 Å². The molecule has 6 nitrogen and oxygen atoms in total. The van der Waals surface area contributed by atoms with Gasteiger partial charge in [-0.15, -0.1) is 0 Å². The van der Waals surface area contributed by atoms with E-state index in [9.17, 15) is 4.79 Å². The molecule has 0 spiro atoms. The molecule has 0 aliphatic rings. The molecule has 0 radical (unpaired) electrons. The Hall–Kier alpha value is -3.38. The fourth-order valence-corrected chi connectivity index (χ4v) is 3.23. The lowest BCUT2D eigenvalue weighted by molar-refractivity contribution is 0.0636. The van der Waals surface area contributed by atoms with Crippen molar-refractivity contribution in [3.05, 3.63) is 77.2 Å². The summed E-state index contributed by atoms with van der Waals surface area (Å²) in [6.07, 6.45) is 5.19. The number of nitrogens with zero attached hydrogens (tertiary/aromatic N) is 3. The van der Waals surface area contributed by atoms with Crippen molar-refractivity contribution >= 4 is 47.0 Å². The predicted molar refractivity (Wildman–Crippen MR) is 131 cm³/mol. The van der Waals surface area contributed by atoms with Gasteiger partial charge in [0.1, 0.15) is 11.4 Å². The van der Waals surface area contributed by atoms with E-state index < -0.39 is 11.7 Å². The van der Waals surface area contributed by atoms with E-state index in [0.717, 1.165) is 29.2 Å². The Morgan fingerprint density at radius 3 is 2.44 bits per heavy atom. The van der Waals surface area contributed by atoms with E-state index in [0.29, 0.717) is 5.69 Å². The van der Waals surface area contributed by atoms with Gasteiger partial charge in [-0.25, -0.2) is 14.8 Å². The Kier molecular flexibility index (Phi) is 7.49. The van der Waals surface area contributed by atoms with Gasteiger partial charge in [0.05, 0.1) is 0 Å². The zero-order valence-corrected chi connectivity index (χ0v) is 19.4. The van der Waals surface area contributed by atoms with Crippen LogP contribution in [-0.4, -0.2) is 28.2 Å². The van der Waals surface area contributed by atoms with Gasteiger partial charge >= 0.3 is 6.09 Å². The van der Waals surface area contributed by atoms with Gasteiger partial charge in [0.15, 0.2) is 0 Å². The molecule has 0 unspecified atom stereocenters. The highest BCUT2D eigenvalue weighted by atomic mass is 35.5. The number of anilines is 3. The zero-order valence-electron chi connectivity index (χ0n) is 18.7. The largest absolute Gasteiger partial charge is 0.444 e. The Labute approximate surface area is 193 Å². The van der Waals surface area contributed by atoms with Gasteiger partial charge in [0.2, 0.25) is 5.28 Å². The molecule has 0 saturated carbocycles. The molecule has 0 fully saturated rings.